The maximum atomic E-state index is 11.8. The molecule has 0 radical (unpaired) electrons. The van der Waals surface area contributed by atoms with Crippen molar-refractivity contribution in [3.8, 4) is 0 Å². The highest BCUT2D eigenvalue weighted by molar-refractivity contribution is 5.90. The normalized spacial score (nSPS) is 18.2. The molecule has 0 unspecified atom stereocenters. The fourth-order valence-electron chi connectivity index (χ4n) is 3.11. The average Bonchev–Trinajstić information content (AvgIpc) is 2.96. The molecular formula is C13H22N4O. The molecule has 1 aromatic heterocycles. The summed E-state index contributed by atoms with van der Waals surface area (Å²) >= 11 is 0. The summed E-state index contributed by atoms with van der Waals surface area (Å²) in [5, 5.41) is 9.28. The first-order valence-electron chi connectivity index (χ1n) is 6.75. The van der Waals surface area contributed by atoms with E-state index >= 15 is 0 Å². The zero-order valence-corrected chi connectivity index (χ0v) is 11.2. The van der Waals surface area contributed by atoms with Gasteiger partial charge in [-0.25, -0.2) is 4.98 Å². The van der Waals surface area contributed by atoms with Crippen molar-refractivity contribution in [2.24, 2.45) is 11.3 Å². The summed E-state index contributed by atoms with van der Waals surface area (Å²) in [6, 6.07) is 0. The summed E-state index contributed by atoms with van der Waals surface area (Å²) in [7, 11) is 0. The molecule has 2 rings (SSSR count). The fraction of sp³-hybridized carbons (Fsp3) is 0.769. The van der Waals surface area contributed by atoms with Crippen LogP contribution < -0.4 is 5.32 Å². The summed E-state index contributed by atoms with van der Waals surface area (Å²) < 4.78 is 0. The number of carbonyl (C=O) groups is 1. The molecular weight excluding hydrogens is 228 g/mol. The molecule has 1 saturated carbocycles. The number of hydrogen-bond acceptors (Lipinski definition) is 3. The van der Waals surface area contributed by atoms with E-state index in [1.54, 1.807) is 0 Å². The Morgan fingerprint density at radius 2 is 2.22 bits per heavy atom. The number of rotatable bonds is 5. The quantitative estimate of drug-likeness (QED) is 0.841. The van der Waals surface area contributed by atoms with Crippen molar-refractivity contribution in [3.63, 3.8) is 0 Å². The van der Waals surface area contributed by atoms with E-state index in [-0.39, 0.29) is 5.91 Å². The van der Waals surface area contributed by atoms with Crippen LogP contribution in [0.2, 0.25) is 0 Å². The summed E-state index contributed by atoms with van der Waals surface area (Å²) in [4.78, 5) is 15.7. The van der Waals surface area contributed by atoms with Gasteiger partial charge in [-0.1, -0.05) is 26.7 Å². The van der Waals surface area contributed by atoms with E-state index < -0.39 is 0 Å². The van der Waals surface area contributed by atoms with Gasteiger partial charge in [0.05, 0.1) is 0 Å². The maximum absolute atomic E-state index is 11.8. The lowest BCUT2D eigenvalue weighted by Gasteiger charge is -2.31. The standard InChI is InChI=1S/C13H22N4O/c1-10(2)7-13(5-3-4-6-13)8-14-12(18)11-15-9-16-17-11/h9-10H,3-8H2,1-2H3,(H,14,18)(H,15,16,17). The molecule has 0 atom stereocenters. The Hall–Kier alpha value is -1.39. The molecule has 100 valence electrons. The van der Waals surface area contributed by atoms with E-state index in [2.05, 4.69) is 34.3 Å². The van der Waals surface area contributed by atoms with Gasteiger partial charge in [-0.3, -0.25) is 9.89 Å². The number of aromatic nitrogens is 3. The van der Waals surface area contributed by atoms with Crippen molar-refractivity contribution < 1.29 is 4.79 Å². The first-order chi connectivity index (χ1) is 8.61. The predicted molar refractivity (Wildman–Crippen MR) is 69.1 cm³/mol. The molecule has 0 saturated heterocycles. The lowest BCUT2D eigenvalue weighted by molar-refractivity contribution is 0.0912. The lowest BCUT2D eigenvalue weighted by Crippen LogP contribution is -2.37. The highest BCUT2D eigenvalue weighted by atomic mass is 16.2. The van der Waals surface area contributed by atoms with Crippen molar-refractivity contribution in [2.75, 3.05) is 6.54 Å². The van der Waals surface area contributed by atoms with Gasteiger partial charge in [0, 0.05) is 6.54 Å². The number of aromatic amines is 1. The highest BCUT2D eigenvalue weighted by Gasteiger charge is 2.34. The van der Waals surface area contributed by atoms with Crippen LogP contribution in [0.25, 0.3) is 0 Å². The minimum atomic E-state index is -0.150. The van der Waals surface area contributed by atoms with Crippen molar-refractivity contribution in [1.29, 1.82) is 0 Å². The van der Waals surface area contributed by atoms with Crippen molar-refractivity contribution in [3.05, 3.63) is 12.2 Å². The van der Waals surface area contributed by atoms with Crippen LogP contribution in [0.15, 0.2) is 6.33 Å². The van der Waals surface area contributed by atoms with Gasteiger partial charge in [0.1, 0.15) is 6.33 Å². The maximum Gasteiger partial charge on any atom is 0.288 e. The number of nitrogens with one attached hydrogen (secondary N) is 2. The molecule has 5 heteroatoms. The van der Waals surface area contributed by atoms with Crippen LogP contribution in [0.3, 0.4) is 0 Å². The fourth-order valence-corrected chi connectivity index (χ4v) is 3.11. The molecule has 2 N–H and O–H groups in total. The third-order valence-corrected chi connectivity index (χ3v) is 3.76. The second kappa shape index (κ2) is 5.50. The summed E-state index contributed by atoms with van der Waals surface area (Å²) in [5.74, 6) is 0.820. The SMILES string of the molecule is CC(C)CC1(CNC(=O)c2ncn[nH]2)CCCC1. The molecule has 0 bridgehead atoms. The Balaban J connectivity index is 1.92. The summed E-state index contributed by atoms with van der Waals surface area (Å²) in [6.45, 7) is 5.25. The molecule has 0 aliphatic heterocycles. The molecule has 1 amide bonds. The minimum absolute atomic E-state index is 0.150. The molecule has 0 spiro atoms. The van der Waals surface area contributed by atoms with Crippen molar-refractivity contribution in [1.82, 2.24) is 20.5 Å². The van der Waals surface area contributed by atoms with Gasteiger partial charge >= 0.3 is 0 Å². The van der Waals surface area contributed by atoms with Crippen molar-refractivity contribution in [2.45, 2.75) is 46.0 Å². The van der Waals surface area contributed by atoms with Gasteiger partial charge < -0.3 is 5.32 Å². The molecule has 18 heavy (non-hydrogen) atoms. The highest BCUT2D eigenvalue weighted by Crippen LogP contribution is 2.42. The molecule has 5 nitrogen and oxygen atoms in total. The zero-order valence-electron chi connectivity index (χ0n) is 11.2. The van der Waals surface area contributed by atoms with Gasteiger partial charge in [0.2, 0.25) is 5.82 Å². The monoisotopic (exact) mass is 250 g/mol. The Bertz CT molecular complexity index is 380. The van der Waals surface area contributed by atoms with Crippen LogP contribution in [0, 0.1) is 11.3 Å². The van der Waals surface area contributed by atoms with Gasteiger partial charge in [-0.15, -0.1) is 0 Å². The van der Waals surface area contributed by atoms with E-state index in [4.69, 9.17) is 0 Å². The van der Waals surface area contributed by atoms with Crippen LogP contribution in [0.5, 0.6) is 0 Å². The molecule has 1 heterocycles. The average molecular weight is 250 g/mol. The second-order valence-electron chi connectivity index (χ2n) is 5.82. The molecule has 0 aromatic carbocycles. The third-order valence-electron chi connectivity index (χ3n) is 3.76. The van der Waals surface area contributed by atoms with E-state index in [0.29, 0.717) is 17.2 Å². The first kappa shape index (κ1) is 13.1. The molecule has 1 aliphatic carbocycles. The van der Waals surface area contributed by atoms with Crippen molar-refractivity contribution >= 4 is 5.91 Å². The van der Waals surface area contributed by atoms with Crippen LogP contribution >= 0.6 is 0 Å². The van der Waals surface area contributed by atoms with Crippen LogP contribution in [0.4, 0.5) is 0 Å². The smallest absolute Gasteiger partial charge is 0.288 e. The van der Waals surface area contributed by atoms with E-state index in [1.807, 2.05) is 0 Å². The second-order valence-corrected chi connectivity index (χ2v) is 5.82. The molecule has 1 aliphatic rings. The first-order valence-corrected chi connectivity index (χ1v) is 6.75. The van der Waals surface area contributed by atoms with Gasteiger partial charge in [-0.05, 0) is 30.6 Å². The number of carbonyl (C=O) groups excluding carboxylic acids is 1. The minimum Gasteiger partial charge on any atom is -0.349 e. The Morgan fingerprint density at radius 1 is 1.50 bits per heavy atom. The Kier molecular flexibility index (Phi) is 3.99. The van der Waals surface area contributed by atoms with Gasteiger partial charge in [0.25, 0.3) is 5.91 Å². The number of amides is 1. The Morgan fingerprint density at radius 3 is 2.78 bits per heavy atom. The van der Waals surface area contributed by atoms with Crippen LogP contribution in [-0.2, 0) is 0 Å². The third kappa shape index (κ3) is 3.09. The van der Waals surface area contributed by atoms with Crippen LogP contribution in [0.1, 0.15) is 56.6 Å². The van der Waals surface area contributed by atoms with E-state index in [0.717, 1.165) is 6.54 Å². The number of nitrogens with zero attached hydrogens (tertiary/aromatic N) is 2. The van der Waals surface area contributed by atoms with Crippen LogP contribution in [-0.4, -0.2) is 27.6 Å². The summed E-state index contributed by atoms with van der Waals surface area (Å²) in [5.41, 5.74) is 0.295. The van der Waals surface area contributed by atoms with Gasteiger partial charge in [-0.2, -0.15) is 5.10 Å². The molecule has 1 fully saturated rings. The molecule has 1 aromatic rings. The van der Waals surface area contributed by atoms with E-state index in [1.165, 1.54) is 38.4 Å². The summed E-state index contributed by atoms with van der Waals surface area (Å²) in [6.07, 6.45) is 7.55. The lowest BCUT2D eigenvalue weighted by atomic mass is 9.78. The largest absolute Gasteiger partial charge is 0.349 e. The number of hydrogen-bond donors (Lipinski definition) is 2. The zero-order chi connectivity index (χ0) is 13.0. The van der Waals surface area contributed by atoms with Gasteiger partial charge in [0.15, 0.2) is 0 Å². The topological polar surface area (TPSA) is 70.7 Å². The van der Waals surface area contributed by atoms with E-state index in [9.17, 15) is 4.79 Å². The predicted octanol–water partition coefficient (Wildman–Crippen LogP) is 2.14. The number of H-pyrrole nitrogens is 1. The Labute approximate surface area is 108 Å².